The summed E-state index contributed by atoms with van der Waals surface area (Å²) in [5.74, 6) is 0.750. The largest absolute Gasteiger partial charge is 0.497 e. The number of ether oxygens (including phenoxy) is 2. The Hall–Kier alpha value is -2.45. The van der Waals surface area contributed by atoms with E-state index < -0.39 is 10.0 Å². The van der Waals surface area contributed by atoms with Gasteiger partial charge in [0.1, 0.15) is 9.96 Å². The zero-order valence-corrected chi connectivity index (χ0v) is 21.7. The summed E-state index contributed by atoms with van der Waals surface area (Å²) in [6.45, 7) is 3.00. The highest BCUT2D eigenvalue weighted by Crippen LogP contribution is 2.29. The maximum absolute atomic E-state index is 12.9. The molecule has 7 nitrogen and oxygen atoms in total. The van der Waals surface area contributed by atoms with Crippen LogP contribution >= 0.6 is 22.9 Å². The number of nitriles is 1. The predicted octanol–water partition coefficient (Wildman–Crippen LogP) is 4.55. The van der Waals surface area contributed by atoms with Crippen LogP contribution in [-0.2, 0) is 21.4 Å². The first-order valence-corrected chi connectivity index (χ1v) is 13.7. The molecule has 4 rings (SSSR count). The lowest BCUT2D eigenvalue weighted by Gasteiger charge is -2.35. The van der Waals surface area contributed by atoms with Crippen LogP contribution in [0.5, 0.6) is 5.75 Å². The first kappa shape index (κ1) is 25.6. The van der Waals surface area contributed by atoms with Gasteiger partial charge in [-0.2, -0.15) is 9.57 Å². The molecule has 184 valence electrons. The number of hydrogen-bond acceptors (Lipinski definition) is 7. The summed E-state index contributed by atoms with van der Waals surface area (Å²) in [5.41, 5.74) is 2.57. The van der Waals surface area contributed by atoms with Gasteiger partial charge in [0, 0.05) is 32.7 Å². The van der Waals surface area contributed by atoms with E-state index in [1.807, 2.05) is 36.4 Å². The van der Waals surface area contributed by atoms with Gasteiger partial charge in [-0.1, -0.05) is 35.9 Å². The SMILES string of the molecule is COc1cccc([C@@H](CN2CCN(S(=O)(=O)c3ccc(Cl)s3)CC2)OCc2ccc(C#N)cc2)c1. The lowest BCUT2D eigenvalue weighted by atomic mass is 10.1. The molecule has 0 unspecified atom stereocenters. The number of hydrogen-bond donors (Lipinski definition) is 0. The first-order chi connectivity index (χ1) is 16.9. The highest BCUT2D eigenvalue weighted by atomic mass is 35.5. The molecule has 0 bridgehead atoms. The predicted molar refractivity (Wildman–Crippen MR) is 136 cm³/mol. The molecule has 0 radical (unpaired) electrons. The third kappa shape index (κ3) is 6.41. The van der Waals surface area contributed by atoms with E-state index in [1.54, 1.807) is 31.4 Å². The Balaban J connectivity index is 1.43. The van der Waals surface area contributed by atoms with Crippen LogP contribution in [0.15, 0.2) is 64.9 Å². The van der Waals surface area contributed by atoms with Gasteiger partial charge >= 0.3 is 0 Å². The fraction of sp³-hybridized carbons (Fsp3) is 0.320. The summed E-state index contributed by atoms with van der Waals surface area (Å²) >= 11 is 7.02. The molecule has 1 atom stereocenters. The number of thiophene rings is 1. The number of rotatable bonds is 9. The maximum atomic E-state index is 12.9. The molecule has 0 spiro atoms. The molecule has 1 aliphatic heterocycles. The van der Waals surface area contributed by atoms with Gasteiger partial charge in [-0.3, -0.25) is 4.90 Å². The van der Waals surface area contributed by atoms with Crippen LogP contribution < -0.4 is 4.74 Å². The van der Waals surface area contributed by atoms with Gasteiger partial charge < -0.3 is 9.47 Å². The normalized spacial score (nSPS) is 16.0. The lowest BCUT2D eigenvalue weighted by molar-refractivity contribution is 0.00763. The van der Waals surface area contributed by atoms with Crippen molar-refractivity contribution >= 4 is 33.0 Å². The average Bonchev–Trinajstić information content (AvgIpc) is 3.34. The standard InChI is InChI=1S/C25H26ClN3O4S2/c1-32-22-4-2-3-21(15-22)23(33-18-20-7-5-19(16-27)6-8-20)17-28-11-13-29(14-12-28)35(30,31)25-10-9-24(26)34-25/h2-10,15,23H,11-14,17-18H2,1H3/t23-/m1/s1. The van der Waals surface area contributed by atoms with Crippen molar-refractivity contribution in [3.63, 3.8) is 0 Å². The van der Waals surface area contributed by atoms with E-state index >= 15 is 0 Å². The Morgan fingerprint density at radius 2 is 1.83 bits per heavy atom. The Bertz CT molecular complexity index is 1280. The fourth-order valence-electron chi connectivity index (χ4n) is 3.92. The summed E-state index contributed by atoms with van der Waals surface area (Å²) in [7, 11) is -1.91. The van der Waals surface area contributed by atoms with E-state index in [0.29, 0.717) is 49.2 Å². The number of piperazine rings is 1. The molecule has 0 N–H and O–H groups in total. The highest BCUT2D eigenvalue weighted by Gasteiger charge is 2.30. The van der Waals surface area contributed by atoms with Crippen molar-refractivity contribution in [1.82, 2.24) is 9.21 Å². The van der Waals surface area contributed by atoms with Crippen LogP contribution in [0.3, 0.4) is 0 Å². The monoisotopic (exact) mass is 531 g/mol. The summed E-state index contributed by atoms with van der Waals surface area (Å²) in [4.78, 5) is 2.22. The van der Waals surface area contributed by atoms with Crippen molar-refractivity contribution in [3.8, 4) is 11.8 Å². The third-order valence-corrected chi connectivity index (χ3v) is 9.49. The molecule has 0 aliphatic carbocycles. The molecule has 0 saturated carbocycles. The van der Waals surface area contributed by atoms with Crippen molar-refractivity contribution in [1.29, 1.82) is 5.26 Å². The Labute approximate surface area is 215 Å². The van der Waals surface area contributed by atoms with Gasteiger partial charge in [-0.25, -0.2) is 8.42 Å². The summed E-state index contributed by atoms with van der Waals surface area (Å²) in [6.07, 6.45) is -0.236. The molecule has 1 aromatic heterocycles. The summed E-state index contributed by atoms with van der Waals surface area (Å²) in [5, 5.41) is 9.02. The third-order valence-electron chi connectivity index (χ3n) is 5.90. The second kappa shape index (κ2) is 11.5. The van der Waals surface area contributed by atoms with Crippen molar-refractivity contribution in [3.05, 3.63) is 81.7 Å². The lowest BCUT2D eigenvalue weighted by Crippen LogP contribution is -2.49. The van der Waals surface area contributed by atoms with E-state index in [4.69, 9.17) is 26.3 Å². The van der Waals surface area contributed by atoms with E-state index in [2.05, 4.69) is 11.0 Å². The van der Waals surface area contributed by atoms with Crippen molar-refractivity contribution < 1.29 is 17.9 Å². The molecule has 1 aliphatic rings. The average molecular weight is 532 g/mol. The Morgan fingerprint density at radius 1 is 1.09 bits per heavy atom. The van der Waals surface area contributed by atoms with Gasteiger partial charge in [-0.05, 0) is 47.5 Å². The number of methoxy groups -OCH3 is 1. The van der Waals surface area contributed by atoms with Gasteiger partial charge in [-0.15, -0.1) is 11.3 Å². The van der Waals surface area contributed by atoms with Gasteiger partial charge in [0.05, 0.1) is 35.8 Å². The molecule has 2 heterocycles. The molecular weight excluding hydrogens is 506 g/mol. The van der Waals surface area contributed by atoms with Gasteiger partial charge in [0.2, 0.25) is 0 Å². The van der Waals surface area contributed by atoms with E-state index in [9.17, 15) is 8.42 Å². The van der Waals surface area contributed by atoms with E-state index in [0.717, 1.165) is 28.2 Å². The molecule has 1 saturated heterocycles. The first-order valence-electron chi connectivity index (χ1n) is 11.1. The van der Waals surface area contributed by atoms with Crippen molar-refractivity contribution in [2.75, 3.05) is 39.8 Å². The number of nitrogens with zero attached hydrogens (tertiary/aromatic N) is 3. The van der Waals surface area contributed by atoms with Crippen LogP contribution in [0, 0.1) is 11.3 Å². The molecular formula is C25H26ClN3O4S2. The molecule has 3 aromatic rings. The van der Waals surface area contributed by atoms with Gasteiger partial charge in [0.25, 0.3) is 10.0 Å². The second-order valence-electron chi connectivity index (χ2n) is 8.15. The molecule has 2 aromatic carbocycles. The Kier molecular flexibility index (Phi) is 8.44. The smallest absolute Gasteiger partial charge is 0.252 e. The fourth-order valence-corrected chi connectivity index (χ4v) is 6.98. The molecule has 0 amide bonds. The highest BCUT2D eigenvalue weighted by molar-refractivity contribution is 7.91. The van der Waals surface area contributed by atoms with Crippen LogP contribution in [0.2, 0.25) is 4.34 Å². The van der Waals surface area contributed by atoms with Gasteiger partial charge in [0.15, 0.2) is 0 Å². The van der Waals surface area contributed by atoms with E-state index in [1.165, 1.54) is 4.31 Å². The number of sulfonamides is 1. The minimum Gasteiger partial charge on any atom is -0.497 e. The topological polar surface area (TPSA) is 82.9 Å². The quantitative estimate of drug-likeness (QED) is 0.403. The van der Waals surface area contributed by atoms with Crippen LogP contribution in [-0.4, -0.2) is 57.5 Å². The molecule has 10 heteroatoms. The number of benzene rings is 2. The minimum atomic E-state index is -3.54. The van der Waals surface area contributed by atoms with E-state index in [-0.39, 0.29) is 10.3 Å². The zero-order chi connectivity index (χ0) is 24.8. The summed E-state index contributed by atoms with van der Waals surface area (Å²) < 4.78 is 39.8. The van der Waals surface area contributed by atoms with Crippen molar-refractivity contribution in [2.24, 2.45) is 0 Å². The second-order valence-corrected chi connectivity index (χ2v) is 12.0. The van der Waals surface area contributed by atoms with Crippen LogP contribution in [0.4, 0.5) is 0 Å². The molecule has 1 fully saturated rings. The molecule has 35 heavy (non-hydrogen) atoms. The summed E-state index contributed by atoms with van der Waals surface area (Å²) in [6, 6.07) is 20.4. The minimum absolute atomic E-state index is 0.236. The van der Waals surface area contributed by atoms with Crippen molar-refractivity contribution in [2.45, 2.75) is 16.9 Å². The zero-order valence-electron chi connectivity index (χ0n) is 19.3. The van der Waals surface area contributed by atoms with Crippen LogP contribution in [0.1, 0.15) is 22.8 Å². The van der Waals surface area contributed by atoms with Crippen LogP contribution in [0.25, 0.3) is 0 Å². The maximum Gasteiger partial charge on any atom is 0.252 e. The number of halogens is 1. The Morgan fingerprint density at radius 3 is 2.46 bits per heavy atom.